The largest absolute Gasteiger partial charge is 0.455 e. The molecule has 7 heteroatoms. The van der Waals surface area contributed by atoms with Gasteiger partial charge in [0, 0.05) is 30.8 Å². The number of carbonyl (C=O) groups excluding carboxylic acids is 3. The van der Waals surface area contributed by atoms with Crippen LogP contribution in [-0.2, 0) is 25.7 Å². The van der Waals surface area contributed by atoms with Crippen LogP contribution in [0.2, 0.25) is 0 Å². The maximum atomic E-state index is 13.6. The van der Waals surface area contributed by atoms with Crippen molar-refractivity contribution in [3.05, 3.63) is 65.5 Å². The molecule has 0 saturated carbocycles. The van der Waals surface area contributed by atoms with E-state index in [0.717, 1.165) is 17.7 Å². The molecule has 1 N–H and O–H groups in total. The molecule has 0 unspecified atom stereocenters. The lowest BCUT2D eigenvalue weighted by molar-refractivity contribution is -0.152. The van der Waals surface area contributed by atoms with Gasteiger partial charge in [-0.3, -0.25) is 14.4 Å². The van der Waals surface area contributed by atoms with Crippen LogP contribution in [0.3, 0.4) is 0 Å². The molecule has 0 radical (unpaired) electrons. The topological polar surface area (TPSA) is 75.7 Å². The molecule has 2 atom stereocenters. The van der Waals surface area contributed by atoms with E-state index in [2.05, 4.69) is 19.2 Å². The molecule has 2 aromatic carbocycles. The van der Waals surface area contributed by atoms with E-state index in [1.807, 2.05) is 24.3 Å². The number of amides is 2. The summed E-state index contributed by atoms with van der Waals surface area (Å²) in [6, 6.07) is 13.8. The molecule has 1 aliphatic rings. The van der Waals surface area contributed by atoms with E-state index < -0.39 is 30.2 Å². The molecule has 3 rings (SSSR count). The number of esters is 1. The highest BCUT2D eigenvalue weighted by atomic mass is 19.1. The van der Waals surface area contributed by atoms with Gasteiger partial charge in [0.1, 0.15) is 5.82 Å². The van der Waals surface area contributed by atoms with Crippen molar-refractivity contribution in [1.29, 1.82) is 0 Å². The zero-order valence-corrected chi connectivity index (χ0v) is 17.8. The van der Waals surface area contributed by atoms with Crippen LogP contribution in [0, 0.1) is 11.7 Å². The van der Waals surface area contributed by atoms with Crippen LogP contribution in [0.15, 0.2) is 48.5 Å². The van der Waals surface area contributed by atoms with Crippen molar-refractivity contribution < 1.29 is 23.5 Å². The lowest BCUT2D eigenvalue weighted by Gasteiger charge is -2.23. The molecule has 1 fully saturated rings. The molecule has 31 heavy (non-hydrogen) atoms. The van der Waals surface area contributed by atoms with Crippen LogP contribution < -0.4 is 10.2 Å². The Hall–Kier alpha value is -3.22. The average Bonchev–Trinajstić information content (AvgIpc) is 3.17. The smallest absolute Gasteiger partial charge is 0.311 e. The fraction of sp³-hybridized carbons (Fsp3) is 0.375. The zero-order valence-electron chi connectivity index (χ0n) is 17.8. The van der Waals surface area contributed by atoms with E-state index in [1.54, 1.807) is 23.1 Å². The van der Waals surface area contributed by atoms with Crippen LogP contribution in [0.1, 0.15) is 43.7 Å². The maximum Gasteiger partial charge on any atom is 0.311 e. The molecule has 0 bridgehead atoms. The van der Waals surface area contributed by atoms with Crippen LogP contribution in [-0.4, -0.2) is 30.9 Å². The van der Waals surface area contributed by atoms with E-state index in [9.17, 15) is 18.8 Å². The van der Waals surface area contributed by atoms with E-state index >= 15 is 0 Å². The number of halogens is 1. The number of anilines is 1. The van der Waals surface area contributed by atoms with Gasteiger partial charge in [0.25, 0.3) is 5.91 Å². The first-order valence-electron chi connectivity index (χ1n) is 10.5. The number of para-hydroxylation sites is 1. The molecule has 1 saturated heterocycles. The first-order chi connectivity index (χ1) is 14.9. The highest BCUT2D eigenvalue weighted by molar-refractivity contribution is 6.00. The summed E-state index contributed by atoms with van der Waals surface area (Å²) in [6.07, 6.45) is 0.983. The third kappa shape index (κ3) is 5.48. The molecule has 6 nitrogen and oxygen atoms in total. The van der Waals surface area contributed by atoms with E-state index in [1.165, 1.54) is 6.07 Å². The maximum absolute atomic E-state index is 13.6. The predicted octanol–water partition coefficient (Wildman–Crippen LogP) is 3.55. The second-order valence-electron chi connectivity index (χ2n) is 7.75. The van der Waals surface area contributed by atoms with Gasteiger partial charge in [-0.2, -0.15) is 0 Å². The number of rotatable bonds is 8. The summed E-state index contributed by atoms with van der Waals surface area (Å²) < 4.78 is 18.7. The first kappa shape index (κ1) is 22.5. The Morgan fingerprint density at radius 3 is 2.65 bits per heavy atom. The number of nitrogens with one attached hydrogen (secondary N) is 1. The fourth-order valence-corrected chi connectivity index (χ4v) is 3.61. The Morgan fingerprint density at radius 1 is 1.19 bits per heavy atom. The molecule has 2 amide bonds. The highest BCUT2D eigenvalue weighted by Gasteiger charge is 2.37. The van der Waals surface area contributed by atoms with Crippen molar-refractivity contribution in [1.82, 2.24) is 5.32 Å². The summed E-state index contributed by atoms with van der Waals surface area (Å²) in [5.41, 5.74) is 2.24. The minimum absolute atomic E-state index is 0.00511. The standard InChI is InChI=1S/C24H27FN2O4/c1-3-16(2)19-9-5-7-11-21(19)27-14-18(12-23(27)29)24(30)31-15-22(28)26-13-17-8-4-6-10-20(17)25/h4-11,16,18H,3,12-15H2,1-2H3,(H,26,28)/t16-,18+/m0/s1. The quantitative estimate of drug-likeness (QED) is 0.655. The summed E-state index contributed by atoms with van der Waals surface area (Å²) in [4.78, 5) is 38.6. The Balaban J connectivity index is 1.54. The van der Waals surface area contributed by atoms with Crippen LogP contribution >= 0.6 is 0 Å². The molecule has 2 aromatic rings. The van der Waals surface area contributed by atoms with Crippen LogP contribution in [0.25, 0.3) is 0 Å². The van der Waals surface area contributed by atoms with Crippen molar-refractivity contribution in [3.63, 3.8) is 0 Å². The predicted molar refractivity (Wildman–Crippen MR) is 115 cm³/mol. The van der Waals surface area contributed by atoms with E-state index in [-0.39, 0.29) is 31.3 Å². The second kappa shape index (κ2) is 10.2. The SMILES string of the molecule is CC[C@H](C)c1ccccc1N1C[C@H](C(=O)OCC(=O)NCc2ccccc2F)CC1=O. The third-order valence-corrected chi connectivity index (χ3v) is 5.61. The molecule has 0 aromatic heterocycles. The first-order valence-corrected chi connectivity index (χ1v) is 10.5. The molecular weight excluding hydrogens is 399 g/mol. The van der Waals surface area contributed by atoms with Gasteiger partial charge in [-0.1, -0.05) is 50.2 Å². The van der Waals surface area contributed by atoms with Gasteiger partial charge in [0.15, 0.2) is 6.61 Å². The van der Waals surface area contributed by atoms with Gasteiger partial charge in [0.2, 0.25) is 5.91 Å². The van der Waals surface area contributed by atoms with Gasteiger partial charge in [-0.15, -0.1) is 0 Å². The number of hydrogen-bond acceptors (Lipinski definition) is 4. The Morgan fingerprint density at radius 2 is 1.90 bits per heavy atom. The van der Waals surface area contributed by atoms with Crippen molar-refractivity contribution in [2.24, 2.45) is 5.92 Å². The van der Waals surface area contributed by atoms with Crippen molar-refractivity contribution in [3.8, 4) is 0 Å². The lowest BCUT2D eigenvalue weighted by Crippen LogP contribution is -2.31. The van der Waals surface area contributed by atoms with E-state index in [4.69, 9.17) is 4.74 Å². The monoisotopic (exact) mass is 426 g/mol. The molecule has 0 spiro atoms. The number of ether oxygens (including phenoxy) is 1. The Labute approximate surface area is 181 Å². The number of benzene rings is 2. The Kier molecular flexibility index (Phi) is 7.39. The normalized spacial score (nSPS) is 16.8. The van der Waals surface area contributed by atoms with E-state index in [0.29, 0.717) is 5.56 Å². The molecule has 1 aliphatic heterocycles. The Bertz CT molecular complexity index is 962. The van der Waals surface area contributed by atoms with Crippen molar-refractivity contribution in [2.45, 2.75) is 39.2 Å². The van der Waals surface area contributed by atoms with Gasteiger partial charge < -0.3 is 15.0 Å². The number of carbonyl (C=O) groups is 3. The minimum atomic E-state index is -0.628. The molecule has 1 heterocycles. The fourth-order valence-electron chi connectivity index (χ4n) is 3.61. The number of hydrogen-bond donors (Lipinski definition) is 1. The zero-order chi connectivity index (χ0) is 22.4. The van der Waals surface area contributed by atoms with Crippen molar-refractivity contribution >= 4 is 23.5 Å². The summed E-state index contributed by atoms with van der Waals surface area (Å²) in [5, 5.41) is 2.52. The summed E-state index contributed by atoms with van der Waals surface area (Å²) in [7, 11) is 0. The molecule has 164 valence electrons. The highest BCUT2D eigenvalue weighted by Crippen LogP contribution is 2.33. The molecular formula is C24H27FN2O4. The van der Waals surface area contributed by atoms with Gasteiger partial charge in [-0.05, 0) is 30.0 Å². The molecule has 0 aliphatic carbocycles. The summed E-state index contributed by atoms with van der Waals surface area (Å²) in [5.74, 6) is -2.01. The number of nitrogens with zero attached hydrogens (tertiary/aromatic N) is 1. The third-order valence-electron chi connectivity index (χ3n) is 5.61. The van der Waals surface area contributed by atoms with Gasteiger partial charge in [0.05, 0.1) is 5.92 Å². The minimum Gasteiger partial charge on any atom is -0.455 e. The van der Waals surface area contributed by atoms with Gasteiger partial charge in [-0.25, -0.2) is 4.39 Å². The second-order valence-corrected chi connectivity index (χ2v) is 7.75. The summed E-state index contributed by atoms with van der Waals surface area (Å²) in [6.45, 7) is 3.95. The van der Waals surface area contributed by atoms with Crippen LogP contribution in [0.5, 0.6) is 0 Å². The summed E-state index contributed by atoms with van der Waals surface area (Å²) >= 11 is 0. The van der Waals surface area contributed by atoms with Crippen molar-refractivity contribution in [2.75, 3.05) is 18.1 Å². The lowest BCUT2D eigenvalue weighted by atomic mass is 9.96. The van der Waals surface area contributed by atoms with Crippen LogP contribution in [0.4, 0.5) is 10.1 Å². The average molecular weight is 426 g/mol. The van der Waals surface area contributed by atoms with Gasteiger partial charge >= 0.3 is 5.97 Å².